The molecular formula is C31H36N4O5. The molecule has 2 fully saturated rings. The number of rotatable bonds is 11. The second kappa shape index (κ2) is 12.4. The zero-order chi connectivity index (χ0) is 28.1. The van der Waals surface area contributed by atoms with Crippen molar-refractivity contribution in [1.29, 1.82) is 0 Å². The predicted molar refractivity (Wildman–Crippen MR) is 152 cm³/mol. The Morgan fingerprint density at radius 3 is 2.60 bits per heavy atom. The van der Waals surface area contributed by atoms with Crippen LogP contribution in [0.25, 0.3) is 0 Å². The normalized spacial score (nSPS) is 16.3. The Labute approximate surface area is 234 Å². The van der Waals surface area contributed by atoms with Crippen LogP contribution in [0, 0.1) is 18.8 Å². The van der Waals surface area contributed by atoms with Gasteiger partial charge in [-0.05, 0) is 86.3 Å². The van der Waals surface area contributed by atoms with Gasteiger partial charge in [0.2, 0.25) is 5.88 Å². The van der Waals surface area contributed by atoms with Crippen molar-refractivity contribution >= 4 is 23.4 Å². The van der Waals surface area contributed by atoms with Crippen molar-refractivity contribution in [2.24, 2.45) is 11.8 Å². The van der Waals surface area contributed by atoms with Gasteiger partial charge in [-0.3, -0.25) is 9.59 Å². The molecule has 1 saturated carbocycles. The van der Waals surface area contributed by atoms with Crippen molar-refractivity contribution in [3.8, 4) is 11.6 Å². The summed E-state index contributed by atoms with van der Waals surface area (Å²) in [7, 11) is 1.62. The van der Waals surface area contributed by atoms with Crippen molar-refractivity contribution in [2.75, 3.05) is 37.0 Å². The Kier molecular flexibility index (Phi) is 8.48. The maximum Gasteiger partial charge on any atom is 0.303 e. The summed E-state index contributed by atoms with van der Waals surface area (Å²) in [5, 5.41) is 12.3. The summed E-state index contributed by atoms with van der Waals surface area (Å²) in [5.74, 6) is 1.59. The van der Waals surface area contributed by atoms with Crippen LogP contribution in [0.4, 0.5) is 11.5 Å². The van der Waals surface area contributed by atoms with Crippen LogP contribution in [0.1, 0.15) is 59.6 Å². The summed E-state index contributed by atoms with van der Waals surface area (Å²) in [6, 6.07) is 14.9. The Balaban J connectivity index is 1.20. The van der Waals surface area contributed by atoms with Gasteiger partial charge in [0.25, 0.3) is 5.91 Å². The van der Waals surface area contributed by atoms with Gasteiger partial charge in [-0.1, -0.05) is 6.07 Å². The molecular weight excluding hydrogens is 508 g/mol. The van der Waals surface area contributed by atoms with Crippen LogP contribution >= 0.6 is 0 Å². The number of aliphatic carboxylic acids is 1. The fourth-order valence-corrected chi connectivity index (χ4v) is 5.41. The number of pyridine rings is 2. The third kappa shape index (κ3) is 6.89. The maximum absolute atomic E-state index is 13.2. The third-order valence-corrected chi connectivity index (χ3v) is 7.77. The zero-order valence-corrected chi connectivity index (χ0v) is 23.0. The molecule has 0 radical (unpaired) electrons. The lowest BCUT2D eigenvalue weighted by Crippen LogP contribution is -2.36. The number of ether oxygens (including phenoxy) is 2. The van der Waals surface area contributed by atoms with Crippen LogP contribution in [-0.2, 0) is 4.79 Å². The van der Waals surface area contributed by atoms with E-state index in [-0.39, 0.29) is 18.2 Å². The van der Waals surface area contributed by atoms with Crippen LogP contribution in [-0.4, -0.2) is 53.8 Å². The van der Waals surface area contributed by atoms with E-state index < -0.39 is 5.97 Å². The molecule has 0 spiro atoms. The quantitative estimate of drug-likeness (QED) is 0.334. The van der Waals surface area contributed by atoms with E-state index in [0.717, 1.165) is 55.7 Å². The number of nitrogens with zero attached hydrogens (tertiary/aromatic N) is 3. The molecule has 2 N–H and O–H groups in total. The number of aromatic nitrogens is 2. The van der Waals surface area contributed by atoms with Gasteiger partial charge in [0.05, 0.1) is 31.4 Å². The summed E-state index contributed by atoms with van der Waals surface area (Å²) in [6.07, 6.45) is 5.82. The summed E-state index contributed by atoms with van der Waals surface area (Å²) < 4.78 is 11.5. The van der Waals surface area contributed by atoms with Gasteiger partial charge in [-0.25, -0.2) is 9.97 Å². The number of methoxy groups -OCH3 is 1. The highest BCUT2D eigenvalue weighted by atomic mass is 16.5. The standard InChI is InChI=1S/C31H36N4O5/c1-20-4-3-5-28(33-20)34-31(38)25-9-8-24(39-2)17-27(25)35-14-11-21(12-15-35)19-40-29-16-23(10-13-32-29)26(18-30(36)37)22-6-7-22/h3-5,8-10,13,16-17,21-22,26H,6-7,11-12,14-15,18-19H2,1-2H3,(H,36,37)(H,33,34,38)/t26-/m0/s1. The number of carboxylic acids is 1. The smallest absolute Gasteiger partial charge is 0.303 e. The average molecular weight is 545 g/mol. The molecule has 1 aliphatic carbocycles. The third-order valence-electron chi connectivity index (χ3n) is 7.77. The van der Waals surface area contributed by atoms with Crippen LogP contribution in [0.3, 0.4) is 0 Å². The molecule has 0 unspecified atom stereocenters. The first-order chi connectivity index (χ1) is 19.4. The van der Waals surface area contributed by atoms with E-state index >= 15 is 0 Å². The topological polar surface area (TPSA) is 114 Å². The number of carbonyl (C=O) groups excluding carboxylic acids is 1. The lowest BCUT2D eigenvalue weighted by Gasteiger charge is -2.34. The summed E-state index contributed by atoms with van der Waals surface area (Å²) >= 11 is 0. The number of piperidine rings is 1. The van der Waals surface area contributed by atoms with Gasteiger partial charge in [-0.15, -0.1) is 0 Å². The molecule has 3 aromatic rings. The van der Waals surface area contributed by atoms with Gasteiger partial charge < -0.3 is 24.8 Å². The maximum atomic E-state index is 13.2. The molecule has 1 amide bonds. The predicted octanol–water partition coefficient (Wildman–Crippen LogP) is 5.31. The molecule has 9 heteroatoms. The van der Waals surface area contributed by atoms with Crippen LogP contribution in [0.15, 0.2) is 54.7 Å². The highest BCUT2D eigenvalue weighted by Gasteiger charge is 2.34. The minimum atomic E-state index is -0.772. The van der Waals surface area contributed by atoms with Crippen LogP contribution in [0.5, 0.6) is 11.6 Å². The van der Waals surface area contributed by atoms with Crippen molar-refractivity contribution in [1.82, 2.24) is 9.97 Å². The Morgan fingerprint density at radius 1 is 1.10 bits per heavy atom. The molecule has 1 atom stereocenters. The molecule has 2 aromatic heterocycles. The van der Waals surface area contributed by atoms with Crippen molar-refractivity contribution < 1.29 is 24.2 Å². The highest BCUT2D eigenvalue weighted by Crippen LogP contribution is 2.45. The molecule has 210 valence electrons. The first-order valence-electron chi connectivity index (χ1n) is 13.9. The van der Waals surface area contributed by atoms with E-state index in [1.165, 1.54) is 0 Å². The number of nitrogens with one attached hydrogen (secondary N) is 1. The molecule has 1 aromatic carbocycles. The average Bonchev–Trinajstić information content (AvgIpc) is 3.80. The molecule has 0 bridgehead atoms. The van der Waals surface area contributed by atoms with E-state index in [9.17, 15) is 14.7 Å². The first-order valence-corrected chi connectivity index (χ1v) is 13.9. The van der Waals surface area contributed by atoms with E-state index in [2.05, 4.69) is 20.2 Å². The number of hydrogen-bond donors (Lipinski definition) is 2. The highest BCUT2D eigenvalue weighted by molar-refractivity contribution is 6.08. The molecule has 1 aliphatic heterocycles. The van der Waals surface area contributed by atoms with E-state index in [0.29, 0.717) is 41.5 Å². The molecule has 3 heterocycles. The number of amides is 1. The number of benzene rings is 1. The van der Waals surface area contributed by atoms with Gasteiger partial charge in [-0.2, -0.15) is 0 Å². The lowest BCUT2D eigenvalue weighted by atomic mass is 9.92. The number of anilines is 2. The summed E-state index contributed by atoms with van der Waals surface area (Å²) in [5.41, 5.74) is 3.24. The van der Waals surface area contributed by atoms with Crippen molar-refractivity contribution in [2.45, 2.75) is 44.9 Å². The SMILES string of the molecule is COc1ccc(C(=O)Nc2cccc(C)n2)c(N2CCC(COc3cc([C@@H](CC(=O)O)C4CC4)ccn3)CC2)c1. The first kappa shape index (κ1) is 27.4. The fraction of sp³-hybridized carbons (Fsp3) is 0.419. The number of aryl methyl sites for hydroxylation is 1. The van der Waals surface area contributed by atoms with Gasteiger partial charge in [0, 0.05) is 37.1 Å². The summed E-state index contributed by atoms with van der Waals surface area (Å²) in [4.78, 5) is 35.6. The van der Waals surface area contributed by atoms with Crippen LogP contribution < -0.4 is 19.7 Å². The number of carboxylic acid groups (broad SMARTS) is 1. The Morgan fingerprint density at radius 2 is 1.90 bits per heavy atom. The molecule has 9 nitrogen and oxygen atoms in total. The monoisotopic (exact) mass is 544 g/mol. The summed E-state index contributed by atoms with van der Waals surface area (Å²) in [6.45, 7) is 3.99. The molecule has 40 heavy (non-hydrogen) atoms. The number of carbonyl (C=O) groups is 2. The molecule has 2 aliphatic rings. The Bertz CT molecular complexity index is 1350. The van der Waals surface area contributed by atoms with Crippen molar-refractivity contribution in [3.63, 3.8) is 0 Å². The largest absolute Gasteiger partial charge is 0.497 e. The minimum absolute atomic E-state index is 0.0158. The van der Waals surface area contributed by atoms with E-state index in [4.69, 9.17) is 9.47 Å². The number of hydrogen-bond acceptors (Lipinski definition) is 7. The lowest BCUT2D eigenvalue weighted by molar-refractivity contribution is -0.137. The van der Waals surface area contributed by atoms with Gasteiger partial charge in [0.1, 0.15) is 11.6 Å². The second-order valence-electron chi connectivity index (χ2n) is 10.7. The minimum Gasteiger partial charge on any atom is -0.497 e. The van der Waals surface area contributed by atoms with E-state index in [1.807, 2.05) is 37.3 Å². The second-order valence-corrected chi connectivity index (χ2v) is 10.7. The Hall–Kier alpha value is -4.14. The zero-order valence-electron chi connectivity index (χ0n) is 23.0. The van der Waals surface area contributed by atoms with Gasteiger partial charge in [0.15, 0.2) is 0 Å². The van der Waals surface area contributed by atoms with E-state index in [1.54, 1.807) is 31.5 Å². The van der Waals surface area contributed by atoms with Crippen molar-refractivity contribution in [3.05, 3.63) is 71.5 Å². The molecule has 1 saturated heterocycles. The van der Waals surface area contributed by atoms with Crippen LogP contribution in [0.2, 0.25) is 0 Å². The van der Waals surface area contributed by atoms with Gasteiger partial charge >= 0.3 is 5.97 Å². The fourth-order valence-electron chi connectivity index (χ4n) is 5.41. The molecule has 5 rings (SSSR count).